The lowest BCUT2D eigenvalue weighted by Crippen LogP contribution is -2.41. The van der Waals surface area contributed by atoms with Crippen molar-refractivity contribution < 1.29 is 9.32 Å². The summed E-state index contributed by atoms with van der Waals surface area (Å²) in [7, 11) is 0. The standard InChI is InChI=1S/C17H26N4O2.ClH/c1-9(2)6-12(8-18)20-16(22)13-7-11(5)19-17-14(13)15(10(3)4)21-23-17;/h7,9-10,12H,6,8,18H2,1-5H3,(H,20,22);1H. The molecule has 2 rings (SSSR count). The average Bonchev–Trinajstić information content (AvgIpc) is 2.88. The highest BCUT2D eigenvalue weighted by atomic mass is 35.5. The van der Waals surface area contributed by atoms with Crippen LogP contribution in [0.1, 0.15) is 61.8 Å². The van der Waals surface area contributed by atoms with Gasteiger partial charge in [-0.3, -0.25) is 4.79 Å². The molecule has 134 valence electrons. The number of nitrogens with zero attached hydrogens (tertiary/aromatic N) is 2. The Balaban J connectivity index is 0.00000288. The number of carbonyl (C=O) groups excluding carboxylic acids is 1. The highest BCUT2D eigenvalue weighted by molar-refractivity contribution is 6.06. The van der Waals surface area contributed by atoms with E-state index in [0.29, 0.717) is 29.1 Å². The summed E-state index contributed by atoms with van der Waals surface area (Å²) in [5, 5.41) is 7.81. The number of nitrogens with two attached hydrogens (primary N) is 1. The average molecular weight is 355 g/mol. The first-order valence-electron chi connectivity index (χ1n) is 8.11. The molecule has 24 heavy (non-hydrogen) atoms. The summed E-state index contributed by atoms with van der Waals surface area (Å²) in [6, 6.07) is 1.73. The Labute approximate surface area is 149 Å². The lowest BCUT2D eigenvalue weighted by molar-refractivity contribution is 0.0935. The topological polar surface area (TPSA) is 94.0 Å². The van der Waals surface area contributed by atoms with Crippen LogP contribution in [-0.4, -0.2) is 28.6 Å². The fourth-order valence-corrected chi connectivity index (χ4v) is 2.72. The molecular weight excluding hydrogens is 328 g/mol. The van der Waals surface area contributed by atoms with Crippen molar-refractivity contribution in [1.29, 1.82) is 0 Å². The van der Waals surface area contributed by atoms with Crippen molar-refractivity contribution in [1.82, 2.24) is 15.5 Å². The number of pyridine rings is 1. The molecule has 1 unspecified atom stereocenters. The van der Waals surface area contributed by atoms with Gasteiger partial charge in [-0.15, -0.1) is 12.4 Å². The summed E-state index contributed by atoms with van der Waals surface area (Å²) in [6.07, 6.45) is 0.843. The molecule has 6 nitrogen and oxygen atoms in total. The fraction of sp³-hybridized carbons (Fsp3) is 0.588. The van der Waals surface area contributed by atoms with Gasteiger partial charge in [0.1, 0.15) is 0 Å². The second kappa shape index (κ2) is 8.44. The number of aromatic nitrogens is 2. The Morgan fingerprint density at radius 3 is 2.54 bits per heavy atom. The third kappa shape index (κ3) is 4.45. The number of hydrogen-bond acceptors (Lipinski definition) is 5. The molecule has 0 aromatic carbocycles. The van der Waals surface area contributed by atoms with Gasteiger partial charge in [0.15, 0.2) is 0 Å². The molecule has 3 N–H and O–H groups in total. The zero-order valence-corrected chi connectivity index (χ0v) is 15.7. The lowest BCUT2D eigenvalue weighted by atomic mass is 10.0. The van der Waals surface area contributed by atoms with E-state index in [9.17, 15) is 4.79 Å². The Hall–Kier alpha value is -1.66. The second-order valence-corrected chi connectivity index (χ2v) is 6.75. The number of carbonyl (C=O) groups is 1. The molecule has 2 aromatic heterocycles. The molecule has 1 amide bonds. The Morgan fingerprint density at radius 1 is 1.33 bits per heavy atom. The first-order chi connectivity index (χ1) is 10.8. The van der Waals surface area contributed by atoms with Gasteiger partial charge >= 0.3 is 0 Å². The smallest absolute Gasteiger partial charge is 0.259 e. The number of aryl methyl sites for hydroxylation is 1. The molecule has 2 aromatic rings. The van der Waals surface area contributed by atoms with Crippen molar-refractivity contribution in [3.05, 3.63) is 23.0 Å². The van der Waals surface area contributed by atoms with E-state index in [4.69, 9.17) is 10.3 Å². The Kier molecular flexibility index (Phi) is 7.17. The molecule has 0 radical (unpaired) electrons. The van der Waals surface area contributed by atoms with E-state index in [2.05, 4.69) is 29.3 Å². The molecule has 0 aliphatic carbocycles. The van der Waals surface area contributed by atoms with Crippen molar-refractivity contribution in [3.8, 4) is 0 Å². The monoisotopic (exact) mass is 354 g/mol. The predicted octanol–water partition coefficient (Wildman–Crippen LogP) is 3.18. The molecule has 0 spiro atoms. The predicted molar refractivity (Wildman–Crippen MR) is 97.6 cm³/mol. The van der Waals surface area contributed by atoms with Gasteiger partial charge in [-0.25, -0.2) is 4.98 Å². The normalized spacial score (nSPS) is 12.5. The largest absolute Gasteiger partial charge is 0.348 e. The van der Waals surface area contributed by atoms with Gasteiger partial charge in [0.25, 0.3) is 11.6 Å². The van der Waals surface area contributed by atoms with E-state index < -0.39 is 0 Å². The highest BCUT2D eigenvalue weighted by Gasteiger charge is 2.23. The van der Waals surface area contributed by atoms with Gasteiger partial charge in [0.05, 0.1) is 16.6 Å². The number of rotatable bonds is 6. The van der Waals surface area contributed by atoms with Crippen molar-refractivity contribution in [2.75, 3.05) is 6.54 Å². The Morgan fingerprint density at radius 2 is 2.00 bits per heavy atom. The molecule has 0 aliphatic rings. The van der Waals surface area contributed by atoms with Crippen LogP contribution in [0.25, 0.3) is 11.1 Å². The van der Waals surface area contributed by atoms with Crippen LogP contribution in [-0.2, 0) is 0 Å². The minimum atomic E-state index is -0.151. The van der Waals surface area contributed by atoms with E-state index in [0.717, 1.165) is 17.8 Å². The van der Waals surface area contributed by atoms with Crippen LogP contribution in [0.15, 0.2) is 10.6 Å². The van der Waals surface area contributed by atoms with Crippen LogP contribution in [0.2, 0.25) is 0 Å². The zero-order chi connectivity index (χ0) is 17.1. The van der Waals surface area contributed by atoms with E-state index in [1.54, 1.807) is 6.07 Å². The van der Waals surface area contributed by atoms with Crippen LogP contribution in [0, 0.1) is 12.8 Å². The van der Waals surface area contributed by atoms with Gasteiger partial charge in [-0.1, -0.05) is 32.9 Å². The van der Waals surface area contributed by atoms with E-state index in [1.165, 1.54) is 0 Å². The van der Waals surface area contributed by atoms with Crippen molar-refractivity contribution in [2.45, 2.75) is 53.0 Å². The minimum absolute atomic E-state index is 0. The SMILES string of the molecule is Cc1cc(C(=O)NC(CN)CC(C)C)c2c(C(C)C)noc2n1.Cl. The highest BCUT2D eigenvalue weighted by Crippen LogP contribution is 2.27. The van der Waals surface area contributed by atoms with Gasteiger partial charge in [0, 0.05) is 18.3 Å². The molecule has 1 atom stereocenters. The first kappa shape index (κ1) is 20.4. The molecule has 7 heteroatoms. The number of nitrogens with one attached hydrogen (secondary N) is 1. The molecule has 0 saturated carbocycles. The van der Waals surface area contributed by atoms with E-state index >= 15 is 0 Å². The molecule has 0 fully saturated rings. The number of halogens is 1. The van der Waals surface area contributed by atoms with E-state index in [-0.39, 0.29) is 30.3 Å². The molecule has 0 aliphatic heterocycles. The Bertz CT molecular complexity index is 697. The van der Waals surface area contributed by atoms with Gasteiger partial charge in [-0.2, -0.15) is 0 Å². The molecule has 0 saturated heterocycles. The summed E-state index contributed by atoms with van der Waals surface area (Å²) in [5.41, 5.74) is 8.23. The summed E-state index contributed by atoms with van der Waals surface area (Å²) >= 11 is 0. The second-order valence-electron chi connectivity index (χ2n) is 6.75. The van der Waals surface area contributed by atoms with Crippen LogP contribution >= 0.6 is 12.4 Å². The zero-order valence-electron chi connectivity index (χ0n) is 14.9. The molecule has 2 heterocycles. The van der Waals surface area contributed by atoms with Crippen molar-refractivity contribution >= 4 is 29.4 Å². The minimum Gasteiger partial charge on any atom is -0.348 e. The molecule has 0 bridgehead atoms. The van der Waals surface area contributed by atoms with Crippen LogP contribution in [0.5, 0.6) is 0 Å². The number of hydrogen-bond donors (Lipinski definition) is 2. The summed E-state index contributed by atoms with van der Waals surface area (Å²) in [6.45, 7) is 10.5. The summed E-state index contributed by atoms with van der Waals surface area (Å²) in [4.78, 5) is 17.1. The van der Waals surface area contributed by atoms with Crippen LogP contribution < -0.4 is 11.1 Å². The van der Waals surface area contributed by atoms with Crippen molar-refractivity contribution in [2.24, 2.45) is 11.7 Å². The lowest BCUT2D eigenvalue weighted by Gasteiger charge is -2.19. The van der Waals surface area contributed by atoms with E-state index in [1.807, 2.05) is 20.8 Å². The van der Waals surface area contributed by atoms with Crippen LogP contribution in [0.4, 0.5) is 0 Å². The quantitative estimate of drug-likeness (QED) is 0.830. The third-order valence-electron chi connectivity index (χ3n) is 3.77. The summed E-state index contributed by atoms with van der Waals surface area (Å²) < 4.78 is 5.31. The maximum Gasteiger partial charge on any atom is 0.259 e. The van der Waals surface area contributed by atoms with Gasteiger partial charge in [0.2, 0.25) is 0 Å². The third-order valence-corrected chi connectivity index (χ3v) is 3.77. The maximum atomic E-state index is 12.8. The van der Waals surface area contributed by atoms with Gasteiger partial charge in [-0.05, 0) is 31.2 Å². The maximum absolute atomic E-state index is 12.8. The molecular formula is C17H27ClN4O2. The van der Waals surface area contributed by atoms with Gasteiger partial charge < -0.3 is 15.6 Å². The number of fused-ring (bicyclic) bond motifs is 1. The van der Waals surface area contributed by atoms with Crippen LogP contribution in [0.3, 0.4) is 0 Å². The first-order valence-corrected chi connectivity index (χ1v) is 8.11. The fourth-order valence-electron chi connectivity index (χ4n) is 2.72. The van der Waals surface area contributed by atoms with Crippen molar-refractivity contribution in [3.63, 3.8) is 0 Å². The summed E-state index contributed by atoms with van der Waals surface area (Å²) in [5.74, 6) is 0.458. The number of amides is 1.